The standard InChI is InChI=1S/C31H44N6O2/c1-21-10-11-23(18-24(21)19-37-17-14-34-27(37)20-36-15-8-6-7-9-16-36)28(31(3,4)30(38)39)25-12-13-26(35(5)33)29(32)22(25)2/h10-14,17-18,28H,6-9,15-16,19-20,32-33H2,1-5H3,(H,38,39). The molecule has 0 bridgehead atoms. The first kappa shape index (κ1) is 28.6. The van der Waals surface area contributed by atoms with Gasteiger partial charge in [0.2, 0.25) is 0 Å². The summed E-state index contributed by atoms with van der Waals surface area (Å²) in [6.45, 7) is 11.4. The number of carbonyl (C=O) groups is 1. The molecular weight excluding hydrogens is 488 g/mol. The lowest BCUT2D eigenvalue weighted by Gasteiger charge is -2.34. The number of nitrogen functional groups attached to an aromatic ring is 1. The van der Waals surface area contributed by atoms with Crippen LogP contribution in [0.3, 0.4) is 0 Å². The Morgan fingerprint density at radius 1 is 1.10 bits per heavy atom. The van der Waals surface area contributed by atoms with Crippen LogP contribution in [0.25, 0.3) is 0 Å². The van der Waals surface area contributed by atoms with Crippen molar-refractivity contribution in [3.05, 3.63) is 76.4 Å². The van der Waals surface area contributed by atoms with E-state index in [-0.39, 0.29) is 0 Å². The second-order valence-corrected chi connectivity index (χ2v) is 11.6. The fourth-order valence-corrected chi connectivity index (χ4v) is 5.81. The van der Waals surface area contributed by atoms with Gasteiger partial charge in [-0.05, 0) is 87.5 Å². The van der Waals surface area contributed by atoms with E-state index in [2.05, 4.69) is 34.6 Å². The summed E-state index contributed by atoms with van der Waals surface area (Å²) in [7, 11) is 1.74. The van der Waals surface area contributed by atoms with Gasteiger partial charge in [-0.3, -0.25) is 9.69 Å². The number of carboxylic acids is 1. The van der Waals surface area contributed by atoms with Crippen molar-refractivity contribution in [1.29, 1.82) is 0 Å². The van der Waals surface area contributed by atoms with Gasteiger partial charge in [0.05, 0.1) is 23.3 Å². The molecule has 3 aromatic rings. The molecule has 0 aliphatic carbocycles. The molecule has 210 valence electrons. The Morgan fingerprint density at radius 2 is 1.79 bits per heavy atom. The number of aryl methyl sites for hydroxylation is 1. The molecule has 1 fully saturated rings. The molecule has 8 heteroatoms. The van der Waals surface area contributed by atoms with E-state index in [9.17, 15) is 9.90 Å². The number of hydrogen-bond acceptors (Lipinski definition) is 6. The first-order chi connectivity index (χ1) is 18.5. The number of anilines is 2. The van der Waals surface area contributed by atoms with Gasteiger partial charge in [-0.15, -0.1) is 0 Å². The highest BCUT2D eigenvalue weighted by Gasteiger charge is 2.40. The zero-order chi connectivity index (χ0) is 28.3. The van der Waals surface area contributed by atoms with Crippen molar-refractivity contribution in [3.8, 4) is 0 Å². The SMILES string of the molecule is Cc1ccc(C(c2ccc(N(C)N)c(N)c2C)C(C)(C)C(=O)O)cc1Cn1ccnc1CN1CCCCCC1. The fourth-order valence-electron chi connectivity index (χ4n) is 5.81. The second kappa shape index (κ2) is 11.8. The molecule has 8 nitrogen and oxygen atoms in total. The lowest BCUT2D eigenvalue weighted by atomic mass is 9.69. The largest absolute Gasteiger partial charge is 0.481 e. The minimum absolute atomic E-state index is 0.409. The van der Waals surface area contributed by atoms with E-state index in [0.717, 1.165) is 53.3 Å². The van der Waals surface area contributed by atoms with Crippen LogP contribution >= 0.6 is 0 Å². The van der Waals surface area contributed by atoms with Gasteiger partial charge < -0.3 is 20.4 Å². The molecule has 5 N–H and O–H groups in total. The Morgan fingerprint density at radius 3 is 2.44 bits per heavy atom. The molecule has 1 saturated heterocycles. The number of rotatable bonds is 9. The highest BCUT2D eigenvalue weighted by Crippen LogP contribution is 2.45. The maximum absolute atomic E-state index is 12.6. The summed E-state index contributed by atoms with van der Waals surface area (Å²) in [6.07, 6.45) is 9.03. The van der Waals surface area contributed by atoms with Gasteiger partial charge in [-0.1, -0.05) is 37.1 Å². The monoisotopic (exact) mass is 532 g/mol. The summed E-state index contributed by atoms with van der Waals surface area (Å²) in [4.78, 5) is 19.8. The fraction of sp³-hybridized carbons (Fsp3) is 0.484. The van der Waals surface area contributed by atoms with Crippen LogP contribution < -0.4 is 16.6 Å². The summed E-state index contributed by atoms with van der Waals surface area (Å²) in [6, 6.07) is 10.2. The number of benzene rings is 2. The van der Waals surface area contributed by atoms with Crippen LogP contribution in [0.5, 0.6) is 0 Å². The normalized spacial score (nSPS) is 15.6. The van der Waals surface area contributed by atoms with Crippen molar-refractivity contribution in [2.45, 2.75) is 72.4 Å². The predicted molar refractivity (Wildman–Crippen MR) is 158 cm³/mol. The minimum Gasteiger partial charge on any atom is -0.481 e. The Bertz CT molecular complexity index is 1300. The third-order valence-electron chi connectivity index (χ3n) is 8.41. The van der Waals surface area contributed by atoms with Crippen molar-refractivity contribution in [1.82, 2.24) is 14.5 Å². The number of carboxylic acid groups (broad SMARTS) is 1. The Labute approximate surface area is 232 Å². The number of imidazole rings is 1. The molecule has 1 atom stereocenters. The van der Waals surface area contributed by atoms with Gasteiger partial charge in [0.1, 0.15) is 5.82 Å². The zero-order valence-corrected chi connectivity index (χ0v) is 24.1. The third-order valence-corrected chi connectivity index (χ3v) is 8.41. The van der Waals surface area contributed by atoms with Crippen LogP contribution in [-0.4, -0.2) is 45.7 Å². The van der Waals surface area contributed by atoms with E-state index >= 15 is 0 Å². The van der Waals surface area contributed by atoms with Gasteiger partial charge >= 0.3 is 5.97 Å². The second-order valence-electron chi connectivity index (χ2n) is 11.6. The molecular formula is C31H44N6O2. The van der Waals surface area contributed by atoms with Crippen molar-refractivity contribution in [3.63, 3.8) is 0 Å². The van der Waals surface area contributed by atoms with E-state index in [1.807, 2.05) is 31.5 Å². The highest BCUT2D eigenvalue weighted by molar-refractivity contribution is 5.78. The molecule has 0 amide bonds. The number of likely N-dealkylation sites (tertiary alicyclic amines) is 1. The topological polar surface area (TPSA) is 114 Å². The average Bonchev–Trinajstić information content (AvgIpc) is 3.14. The maximum Gasteiger partial charge on any atom is 0.310 e. The molecule has 0 saturated carbocycles. The first-order valence-electron chi connectivity index (χ1n) is 13.9. The van der Waals surface area contributed by atoms with Gasteiger partial charge in [-0.25, -0.2) is 10.8 Å². The molecule has 39 heavy (non-hydrogen) atoms. The lowest BCUT2D eigenvalue weighted by molar-refractivity contribution is -0.147. The molecule has 2 aromatic carbocycles. The number of aliphatic carboxylic acids is 1. The highest BCUT2D eigenvalue weighted by atomic mass is 16.4. The van der Waals surface area contributed by atoms with E-state index in [4.69, 9.17) is 16.6 Å². The molecule has 0 radical (unpaired) electrons. The summed E-state index contributed by atoms with van der Waals surface area (Å²) in [5.74, 6) is 5.78. The molecule has 0 spiro atoms. The molecule has 1 unspecified atom stereocenters. The number of nitrogens with zero attached hydrogens (tertiary/aromatic N) is 4. The van der Waals surface area contributed by atoms with Crippen molar-refractivity contribution < 1.29 is 9.90 Å². The number of aromatic nitrogens is 2. The average molecular weight is 533 g/mol. The molecule has 1 aliphatic heterocycles. The number of hydrogen-bond donors (Lipinski definition) is 3. The van der Waals surface area contributed by atoms with E-state index in [0.29, 0.717) is 17.9 Å². The number of hydrazine groups is 1. The zero-order valence-electron chi connectivity index (χ0n) is 24.1. The lowest BCUT2D eigenvalue weighted by Crippen LogP contribution is -2.33. The molecule has 2 heterocycles. The smallest absolute Gasteiger partial charge is 0.310 e. The Hall–Kier alpha value is -3.36. The number of nitrogens with two attached hydrogens (primary N) is 2. The van der Waals surface area contributed by atoms with Gasteiger partial charge in [0.15, 0.2) is 0 Å². The van der Waals surface area contributed by atoms with Crippen molar-refractivity contribution >= 4 is 17.3 Å². The van der Waals surface area contributed by atoms with E-state index in [1.165, 1.54) is 30.7 Å². The summed E-state index contributed by atoms with van der Waals surface area (Å²) < 4.78 is 2.23. The Kier molecular flexibility index (Phi) is 8.67. The van der Waals surface area contributed by atoms with Crippen LogP contribution in [0.2, 0.25) is 0 Å². The molecule has 4 rings (SSSR count). The quantitative estimate of drug-likeness (QED) is 0.201. The minimum atomic E-state index is -1.08. The predicted octanol–water partition coefficient (Wildman–Crippen LogP) is 5.06. The molecule has 1 aliphatic rings. The van der Waals surface area contributed by atoms with Crippen molar-refractivity contribution in [2.75, 3.05) is 30.9 Å². The van der Waals surface area contributed by atoms with Crippen LogP contribution in [0.1, 0.15) is 79.1 Å². The third kappa shape index (κ3) is 6.12. The molecule has 1 aromatic heterocycles. The summed E-state index contributed by atoms with van der Waals surface area (Å²) >= 11 is 0. The maximum atomic E-state index is 12.6. The van der Waals surface area contributed by atoms with E-state index in [1.54, 1.807) is 20.9 Å². The van der Waals surface area contributed by atoms with Gasteiger partial charge in [0, 0.05) is 31.9 Å². The van der Waals surface area contributed by atoms with E-state index < -0.39 is 17.3 Å². The van der Waals surface area contributed by atoms with Crippen LogP contribution in [0, 0.1) is 19.3 Å². The Balaban J connectivity index is 1.72. The first-order valence-corrected chi connectivity index (χ1v) is 13.9. The van der Waals surface area contributed by atoms with Crippen LogP contribution in [-0.2, 0) is 17.9 Å². The van der Waals surface area contributed by atoms with Crippen LogP contribution in [0.4, 0.5) is 11.4 Å². The van der Waals surface area contributed by atoms with Gasteiger partial charge in [-0.2, -0.15) is 0 Å². The summed E-state index contributed by atoms with van der Waals surface area (Å²) in [5.41, 5.74) is 11.7. The van der Waals surface area contributed by atoms with Crippen molar-refractivity contribution in [2.24, 2.45) is 11.3 Å². The van der Waals surface area contributed by atoms with Gasteiger partial charge in [0.25, 0.3) is 0 Å². The van der Waals surface area contributed by atoms with Crippen LogP contribution in [0.15, 0.2) is 42.7 Å². The summed E-state index contributed by atoms with van der Waals surface area (Å²) in [5, 5.41) is 11.8.